The van der Waals surface area contributed by atoms with Gasteiger partial charge >= 0.3 is 0 Å². The van der Waals surface area contributed by atoms with E-state index in [1.807, 2.05) is 84.9 Å². The summed E-state index contributed by atoms with van der Waals surface area (Å²) in [4.78, 5) is 14.4. The second kappa shape index (κ2) is 8.61. The van der Waals surface area contributed by atoms with E-state index in [2.05, 4.69) is 12.1 Å². The van der Waals surface area contributed by atoms with E-state index in [4.69, 9.17) is 26.2 Å². The first kappa shape index (κ1) is 17.2. The SMILES string of the molecule is [2H]c1c([2H])c([2H])c(-c2nc(-c3cccc4ccccc34)nc(-c3cccc4c3oc3cc5ccccc5cc34)n2)c([2H])c1[2H]. The first-order valence-corrected chi connectivity index (χ1v) is 12.5. The predicted molar refractivity (Wildman–Crippen MR) is 158 cm³/mol. The fourth-order valence-electron chi connectivity index (χ4n) is 5.17. The predicted octanol–water partition coefficient (Wildman–Crippen LogP) is 9.08. The molecule has 0 saturated carbocycles. The highest BCUT2D eigenvalue weighted by molar-refractivity contribution is 6.13. The Morgan fingerprint density at radius 2 is 1.13 bits per heavy atom. The number of hydrogen-bond donors (Lipinski definition) is 0. The zero-order valence-corrected chi connectivity index (χ0v) is 20.5. The van der Waals surface area contributed by atoms with E-state index in [9.17, 15) is 0 Å². The summed E-state index contributed by atoms with van der Waals surface area (Å²) in [5.41, 5.74) is 2.54. The van der Waals surface area contributed by atoms with Crippen LogP contribution in [0.15, 0.2) is 132 Å². The van der Waals surface area contributed by atoms with Crippen molar-refractivity contribution in [3.63, 3.8) is 0 Å². The van der Waals surface area contributed by atoms with Gasteiger partial charge < -0.3 is 4.42 Å². The molecule has 0 atom stereocenters. The largest absolute Gasteiger partial charge is 0.455 e. The third-order valence-corrected chi connectivity index (χ3v) is 7.00. The zero-order chi connectivity index (χ0) is 30.1. The van der Waals surface area contributed by atoms with Crippen LogP contribution in [0.5, 0.6) is 0 Å². The molecule has 0 amide bonds. The summed E-state index contributed by atoms with van der Waals surface area (Å²) in [7, 11) is 0. The normalized spacial score (nSPS) is 13.4. The van der Waals surface area contributed by atoms with E-state index >= 15 is 0 Å². The Balaban J connectivity index is 1.45. The third kappa shape index (κ3) is 3.57. The molecule has 6 aromatic carbocycles. The Bertz CT molecular complexity index is 2440. The molecule has 0 saturated heterocycles. The molecule has 0 aliphatic heterocycles. The van der Waals surface area contributed by atoms with Crippen LogP contribution < -0.4 is 0 Å². The molecule has 8 aromatic rings. The van der Waals surface area contributed by atoms with Crippen molar-refractivity contribution in [1.29, 1.82) is 0 Å². The molecule has 0 unspecified atom stereocenters. The lowest BCUT2D eigenvalue weighted by Crippen LogP contribution is -2.00. The molecule has 2 aromatic heterocycles. The van der Waals surface area contributed by atoms with Crippen molar-refractivity contribution in [2.75, 3.05) is 0 Å². The van der Waals surface area contributed by atoms with Crippen molar-refractivity contribution in [1.82, 2.24) is 15.0 Å². The average Bonchev–Trinajstić information content (AvgIpc) is 3.42. The number of aromatic nitrogens is 3. The summed E-state index contributed by atoms with van der Waals surface area (Å²) < 4.78 is 48.3. The van der Waals surface area contributed by atoms with Crippen molar-refractivity contribution in [3.05, 3.63) is 127 Å². The Hall–Kier alpha value is -5.35. The molecule has 0 aliphatic carbocycles. The van der Waals surface area contributed by atoms with Crippen molar-refractivity contribution >= 4 is 43.5 Å². The number of nitrogens with zero attached hydrogens (tertiary/aromatic N) is 3. The highest BCUT2D eigenvalue weighted by Gasteiger charge is 2.18. The van der Waals surface area contributed by atoms with Gasteiger partial charge in [-0.15, -0.1) is 0 Å². The molecule has 182 valence electrons. The van der Waals surface area contributed by atoms with E-state index in [-0.39, 0.29) is 29.3 Å². The molecule has 2 heterocycles. The second-order valence-electron chi connectivity index (χ2n) is 9.31. The summed E-state index contributed by atoms with van der Waals surface area (Å²) in [5.74, 6) is 0.556. The van der Waals surface area contributed by atoms with E-state index < -0.39 is 18.1 Å². The van der Waals surface area contributed by atoms with Crippen LogP contribution in [-0.4, -0.2) is 15.0 Å². The van der Waals surface area contributed by atoms with Crippen LogP contribution in [-0.2, 0) is 0 Å². The molecular weight excluding hydrogens is 478 g/mol. The van der Waals surface area contributed by atoms with Gasteiger partial charge in [0.2, 0.25) is 0 Å². The third-order valence-electron chi connectivity index (χ3n) is 7.00. The Kier molecular flexibility index (Phi) is 3.80. The van der Waals surface area contributed by atoms with Gasteiger partial charge in [0.1, 0.15) is 11.2 Å². The summed E-state index contributed by atoms with van der Waals surface area (Å²) in [6.07, 6.45) is 0. The summed E-state index contributed by atoms with van der Waals surface area (Å²) >= 11 is 0. The molecule has 4 heteroatoms. The Morgan fingerprint density at radius 1 is 0.513 bits per heavy atom. The molecule has 8 rings (SSSR count). The summed E-state index contributed by atoms with van der Waals surface area (Å²) in [6, 6.07) is 29.5. The van der Waals surface area contributed by atoms with Gasteiger partial charge in [-0.2, -0.15) is 0 Å². The van der Waals surface area contributed by atoms with Crippen molar-refractivity contribution < 1.29 is 11.3 Å². The molecule has 0 radical (unpaired) electrons. The molecule has 0 bridgehead atoms. The van der Waals surface area contributed by atoms with E-state index in [1.54, 1.807) is 0 Å². The van der Waals surface area contributed by atoms with Crippen LogP contribution in [0.25, 0.3) is 77.6 Å². The second-order valence-corrected chi connectivity index (χ2v) is 9.31. The molecule has 39 heavy (non-hydrogen) atoms. The lowest BCUT2D eigenvalue weighted by Gasteiger charge is -2.10. The highest BCUT2D eigenvalue weighted by atomic mass is 16.3. The van der Waals surface area contributed by atoms with Crippen molar-refractivity contribution in [2.45, 2.75) is 0 Å². The number of benzene rings is 6. The molecular formula is C35H21N3O. The smallest absolute Gasteiger partial charge is 0.167 e. The molecule has 0 aliphatic rings. The van der Waals surface area contributed by atoms with Gasteiger partial charge in [-0.05, 0) is 39.7 Å². The van der Waals surface area contributed by atoms with E-state index in [0.29, 0.717) is 17.0 Å². The summed E-state index contributed by atoms with van der Waals surface area (Å²) in [5, 5.41) is 5.89. The van der Waals surface area contributed by atoms with Crippen molar-refractivity contribution in [3.8, 4) is 34.2 Å². The van der Waals surface area contributed by atoms with Crippen LogP contribution in [0.2, 0.25) is 0 Å². The first-order valence-electron chi connectivity index (χ1n) is 15.0. The van der Waals surface area contributed by atoms with Crippen LogP contribution in [0.1, 0.15) is 6.85 Å². The minimum absolute atomic E-state index is 0.0196. The van der Waals surface area contributed by atoms with Gasteiger partial charge in [-0.1, -0.05) is 109 Å². The molecule has 0 fully saturated rings. The lowest BCUT2D eigenvalue weighted by molar-refractivity contribution is 0.670. The minimum Gasteiger partial charge on any atom is -0.455 e. The summed E-state index contributed by atoms with van der Waals surface area (Å²) in [6.45, 7) is 0. The average molecular weight is 505 g/mol. The monoisotopic (exact) mass is 504 g/mol. The van der Waals surface area contributed by atoms with Gasteiger partial charge in [0.15, 0.2) is 17.5 Å². The molecule has 4 nitrogen and oxygen atoms in total. The Morgan fingerprint density at radius 3 is 1.97 bits per heavy atom. The lowest BCUT2D eigenvalue weighted by atomic mass is 10.0. The van der Waals surface area contributed by atoms with Gasteiger partial charge in [-0.3, -0.25) is 0 Å². The fraction of sp³-hybridized carbons (Fsp3) is 0. The quantitative estimate of drug-likeness (QED) is 0.241. The number of para-hydroxylation sites is 1. The number of rotatable bonds is 3. The standard InChI is InChI=1S/C35H21N3O/c1-2-11-23(12-3-1)33-36-34(28-18-8-15-22-10-6-7-16-26(22)28)38-35(37-33)29-19-9-17-27-30-20-24-13-4-5-14-25(24)21-31(30)39-32(27)29/h1-21H/i1D,2D,3D,11D,12D. The van der Waals surface area contributed by atoms with Gasteiger partial charge in [0.05, 0.1) is 12.4 Å². The zero-order valence-electron chi connectivity index (χ0n) is 25.5. The van der Waals surface area contributed by atoms with Gasteiger partial charge in [-0.25, -0.2) is 15.0 Å². The number of hydrogen-bond acceptors (Lipinski definition) is 4. The van der Waals surface area contributed by atoms with E-state index in [1.165, 1.54) is 0 Å². The van der Waals surface area contributed by atoms with Gasteiger partial charge in [0.25, 0.3) is 0 Å². The fourth-order valence-corrected chi connectivity index (χ4v) is 5.17. The maximum atomic E-state index is 8.64. The minimum atomic E-state index is -0.480. The Labute approximate surface area is 231 Å². The number of furan rings is 1. The van der Waals surface area contributed by atoms with Crippen molar-refractivity contribution in [2.24, 2.45) is 0 Å². The van der Waals surface area contributed by atoms with Crippen LogP contribution >= 0.6 is 0 Å². The van der Waals surface area contributed by atoms with Crippen LogP contribution in [0.4, 0.5) is 0 Å². The number of fused-ring (bicyclic) bond motifs is 5. The van der Waals surface area contributed by atoms with Crippen LogP contribution in [0, 0.1) is 0 Å². The maximum Gasteiger partial charge on any atom is 0.167 e. The topological polar surface area (TPSA) is 51.8 Å². The highest BCUT2D eigenvalue weighted by Crippen LogP contribution is 2.38. The maximum absolute atomic E-state index is 8.64. The molecule has 0 spiro atoms. The van der Waals surface area contributed by atoms with E-state index in [0.717, 1.165) is 43.5 Å². The van der Waals surface area contributed by atoms with Gasteiger partial charge in [0, 0.05) is 21.9 Å². The molecule has 0 N–H and O–H groups in total. The van der Waals surface area contributed by atoms with Crippen LogP contribution in [0.3, 0.4) is 0 Å². The first-order chi connectivity index (χ1) is 21.4.